The van der Waals surface area contributed by atoms with E-state index in [4.69, 9.17) is 9.47 Å². The van der Waals surface area contributed by atoms with E-state index in [9.17, 15) is 9.90 Å². The minimum Gasteiger partial charge on any atom is -0.462 e. The number of carbonyl (C=O) groups excluding carboxylic acids is 1. The predicted octanol–water partition coefficient (Wildman–Crippen LogP) is 2.92. The second-order valence-corrected chi connectivity index (χ2v) is 8.82. The van der Waals surface area contributed by atoms with Crippen LogP contribution in [0.4, 0.5) is 0 Å². The monoisotopic (exact) mass is 310 g/mol. The van der Waals surface area contributed by atoms with Gasteiger partial charge in [0.05, 0.1) is 24.2 Å². The van der Waals surface area contributed by atoms with Gasteiger partial charge < -0.3 is 14.6 Å². The molecule has 1 N–H and O–H groups in total. The molecule has 3 fully saturated rings. The molecule has 3 rings (SSSR count). The van der Waals surface area contributed by atoms with Gasteiger partial charge in [-0.1, -0.05) is 13.8 Å². The first-order valence-electron chi connectivity index (χ1n) is 8.68. The number of carbonyl (C=O) groups is 1. The quantitative estimate of drug-likeness (QED) is 0.757. The lowest BCUT2D eigenvalue weighted by atomic mass is 9.67. The highest BCUT2D eigenvalue weighted by molar-refractivity contribution is 5.72. The average molecular weight is 310 g/mol. The van der Waals surface area contributed by atoms with Gasteiger partial charge in [0.25, 0.3) is 0 Å². The third kappa shape index (κ3) is 2.48. The van der Waals surface area contributed by atoms with Crippen molar-refractivity contribution in [3.63, 3.8) is 0 Å². The van der Waals surface area contributed by atoms with Crippen molar-refractivity contribution in [1.29, 1.82) is 0 Å². The molecular formula is C18H30O4. The second kappa shape index (κ2) is 5.20. The molecule has 2 saturated carbocycles. The van der Waals surface area contributed by atoms with Crippen molar-refractivity contribution in [3.8, 4) is 0 Å². The van der Waals surface area contributed by atoms with Crippen LogP contribution in [0.1, 0.15) is 60.3 Å². The summed E-state index contributed by atoms with van der Waals surface area (Å²) in [5.74, 6) is 0.636. The van der Waals surface area contributed by atoms with Crippen LogP contribution in [0.15, 0.2) is 0 Å². The first-order valence-corrected chi connectivity index (χ1v) is 8.68. The Labute approximate surface area is 133 Å². The van der Waals surface area contributed by atoms with Crippen LogP contribution in [0.3, 0.4) is 0 Å². The van der Waals surface area contributed by atoms with Gasteiger partial charge in [-0.15, -0.1) is 0 Å². The fourth-order valence-corrected chi connectivity index (χ4v) is 5.27. The molecule has 7 unspecified atom stereocenters. The zero-order valence-corrected chi connectivity index (χ0v) is 14.5. The van der Waals surface area contributed by atoms with Crippen LogP contribution in [-0.2, 0) is 14.3 Å². The highest BCUT2D eigenvalue weighted by Gasteiger charge is 2.60. The molecular weight excluding hydrogens is 280 g/mol. The lowest BCUT2D eigenvalue weighted by molar-refractivity contribution is -0.157. The summed E-state index contributed by atoms with van der Waals surface area (Å²) in [6.07, 6.45) is 2.70. The Morgan fingerprint density at radius 1 is 1.32 bits per heavy atom. The van der Waals surface area contributed by atoms with Crippen LogP contribution in [-0.4, -0.2) is 35.0 Å². The zero-order chi connectivity index (χ0) is 16.3. The minimum absolute atomic E-state index is 0.0457. The molecule has 0 aromatic heterocycles. The normalized spacial score (nSPS) is 48.5. The lowest BCUT2D eigenvalue weighted by Gasteiger charge is -2.44. The molecule has 1 aliphatic heterocycles. The SMILES string of the molecule is CC1CC2OC(=O)CC2C(O)C2(C)C(OC(C)(C)C)CCC12. The molecule has 2 aliphatic carbocycles. The van der Waals surface area contributed by atoms with Gasteiger partial charge in [-0.25, -0.2) is 0 Å². The van der Waals surface area contributed by atoms with Crippen LogP contribution >= 0.6 is 0 Å². The Kier molecular flexibility index (Phi) is 3.84. The van der Waals surface area contributed by atoms with Crippen LogP contribution in [0.2, 0.25) is 0 Å². The zero-order valence-electron chi connectivity index (χ0n) is 14.5. The van der Waals surface area contributed by atoms with Crippen molar-refractivity contribution in [2.75, 3.05) is 0 Å². The maximum atomic E-state index is 11.7. The third-order valence-corrected chi connectivity index (χ3v) is 6.22. The molecule has 1 saturated heterocycles. The molecule has 4 heteroatoms. The molecule has 22 heavy (non-hydrogen) atoms. The highest BCUT2D eigenvalue weighted by atomic mass is 16.6. The van der Waals surface area contributed by atoms with E-state index in [-0.39, 0.29) is 35.1 Å². The number of ether oxygens (including phenoxy) is 2. The largest absolute Gasteiger partial charge is 0.462 e. The molecule has 7 atom stereocenters. The van der Waals surface area contributed by atoms with Gasteiger partial charge in [0, 0.05) is 11.3 Å². The number of rotatable bonds is 1. The molecule has 0 amide bonds. The maximum Gasteiger partial charge on any atom is 0.306 e. The number of fused-ring (bicyclic) bond motifs is 2. The average Bonchev–Trinajstić information content (AvgIpc) is 2.87. The van der Waals surface area contributed by atoms with Gasteiger partial charge >= 0.3 is 5.97 Å². The number of esters is 1. The van der Waals surface area contributed by atoms with E-state index in [2.05, 4.69) is 34.6 Å². The Morgan fingerprint density at radius 2 is 2.00 bits per heavy atom. The van der Waals surface area contributed by atoms with Gasteiger partial charge in [-0.05, 0) is 51.9 Å². The molecule has 4 nitrogen and oxygen atoms in total. The van der Waals surface area contributed by atoms with Gasteiger partial charge in [0.15, 0.2) is 0 Å². The second-order valence-electron chi connectivity index (χ2n) is 8.82. The summed E-state index contributed by atoms with van der Waals surface area (Å²) in [4.78, 5) is 11.7. The summed E-state index contributed by atoms with van der Waals surface area (Å²) in [5.41, 5.74) is -0.515. The fraction of sp³-hybridized carbons (Fsp3) is 0.944. The van der Waals surface area contributed by atoms with Gasteiger partial charge in [0.2, 0.25) is 0 Å². The van der Waals surface area contributed by atoms with Gasteiger partial charge in [-0.3, -0.25) is 4.79 Å². The number of hydrogen-bond acceptors (Lipinski definition) is 4. The summed E-state index contributed by atoms with van der Waals surface area (Å²) in [5, 5.41) is 11.2. The molecule has 0 bridgehead atoms. The van der Waals surface area contributed by atoms with E-state index in [1.165, 1.54) is 0 Å². The Bertz CT molecular complexity index is 454. The van der Waals surface area contributed by atoms with Crippen LogP contribution in [0, 0.1) is 23.2 Å². The van der Waals surface area contributed by atoms with E-state index in [0.29, 0.717) is 18.3 Å². The number of aliphatic hydroxyl groups excluding tert-OH is 1. The van der Waals surface area contributed by atoms with Crippen LogP contribution in [0.25, 0.3) is 0 Å². The van der Waals surface area contributed by atoms with Crippen molar-refractivity contribution in [2.45, 2.75) is 84.2 Å². The van der Waals surface area contributed by atoms with Gasteiger partial charge in [-0.2, -0.15) is 0 Å². The highest BCUT2D eigenvalue weighted by Crippen LogP contribution is 2.57. The van der Waals surface area contributed by atoms with Crippen molar-refractivity contribution in [3.05, 3.63) is 0 Å². The molecule has 1 heterocycles. The maximum absolute atomic E-state index is 11.7. The van der Waals surface area contributed by atoms with Crippen molar-refractivity contribution in [2.24, 2.45) is 23.2 Å². The molecule has 0 spiro atoms. The minimum atomic E-state index is -0.534. The molecule has 3 aliphatic rings. The number of aliphatic hydroxyl groups is 1. The smallest absolute Gasteiger partial charge is 0.306 e. The molecule has 126 valence electrons. The van der Waals surface area contributed by atoms with Crippen molar-refractivity contribution in [1.82, 2.24) is 0 Å². The summed E-state index contributed by atoms with van der Waals surface area (Å²) in [7, 11) is 0. The van der Waals surface area contributed by atoms with Gasteiger partial charge in [0.1, 0.15) is 6.10 Å². The standard InChI is InChI=1S/C18H30O4/c1-10-8-13-11(9-15(19)21-13)16(20)18(5)12(10)6-7-14(18)22-17(2,3)4/h10-14,16,20H,6-9H2,1-5H3. The van der Waals surface area contributed by atoms with Crippen molar-refractivity contribution >= 4 is 5.97 Å². The van der Waals surface area contributed by atoms with Crippen LogP contribution in [0.5, 0.6) is 0 Å². The summed E-state index contributed by atoms with van der Waals surface area (Å²) in [6, 6.07) is 0. The third-order valence-electron chi connectivity index (χ3n) is 6.22. The topological polar surface area (TPSA) is 55.8 Å². The molecule has 0 radical (unpaired) electrons. The van der Waals surface area contributed by atoms with Crippen LogP contribution < -0.4 is 0 Å². The van der Waals surface area contributed by atoms with Crippen molar-refractivity contribution < 1.29 is 19.4 Å². The first-order chi connectivity index (χ1) is 10.1. The fourth-order valence-electron chi connectivity index (χ4n) is 5.27. The molecule has 0 aromatic rings. The van der Waals surface area contributed by atoms with E-state index < -0.39 is 6.10 Å². The first kappa shape index (κ1) is 16.3. The Hall–Kier alpha value is -0.610. The Balaban J connectivity index is 1.94. The van der Waals surface area contributed by atoms with E-state index in [1.807, 2.05) is 0 Å². The van der Waals surface area contributed by atoms with E-state index in [0.717, 1.165) is 19.3 Å². The summed E-state index contributed by atoms with van der Waals surface area (Å²) >= 11 is 0. The lowest BCUT2D eigenvalue weighted by Crippen LogP contribution is -2.50. The predicted molar refractivity (Wildman–Crippen MR) is 83.2 cm³/mol. The summed E-state index contributed by atoms with van der Waals surface area (Å²) < 4.78 is 11.8. The number of hydrogen-bond donors (Lipinski definition) is 1. The Morgan fingerprint density at radius 3 is 2.64 bits per heavy atom. The molecule has 0 aromatic carbocycles. The van der Waals surface area contributed by atoms with E-state index in [1.54, 1.807) is 0 Å². The summed E-state index contributed by atoms with van der Waals surface area (Å²) in [6.45, 7) is 10.6. The van der Waals surface area contributed by atoms with E-state index >= 15 is 0 Å².